The largest absolute Gasteiger partial charge is 0.486 e. The Kier molecular flexibility index (Phi) is 6.19. The first-order chi connectivity index (χ1) is 11.5. The second kappa shape index (κ2) is 8.14. The minimum absolute atomic E-state index is 0.0533. The summed E-state index contributed by atoms with van der Waals surface area (Å²) in [6, 6.07) is 3.13. The van der Waals surface area contributed by atoms with Gasteiger partial charge in [-0.25, -0.2) is 14.0 Å². The number of amides is 2. The van der Waals surface area contributed by atoms with Crippen molar-refractivity contribution in [2.75, 3.05) is 13.2 Å². The summed E-state index contributed by atoms with van der Waals surface area (Å²) in [5.74, 6) is -0.511. The highest BCUT2D eigenvalue weighted by Crippen LogP contribution is 2.26. The molecule has 0 radical (unpaired) electrons. The Morgan fingerprint density at radius 3 is 2.75 bits per heavy atom. The molecule has 0 fully saturated rings. The molecule has 1 heterocycles. The van der Waals surface area contributed by atoms with Gasteiger partial charge in [0.2, 0.25) is 0 Å². The van der Waals surface area contributed by atoms with Crippen molar-refractivity contribution < 1.29 is 23.5 Å². The van der Waals surface area contributed by atoms with Crippen molar-refractivity contribution in [1.29, 1.82) is 0 Å². The molecule has 0 aliphatic carbocycles. The highest BCUT2D eigenvalue weighted by Gasteiger charge is 2.31. The first-order valence-corrected chi connectivity index (χ1v) is 8.31. The van der Waals surface area contributed by atoms with Crippen LogP contribution in [0, 0.1) is 5.82 Å². The molecule has 2 rings (SSSR count). The molecule has 0 saturated heterocycles. The van der Waals surface area contributed by atoms with E-state index in [-0.39, 0.29) is 13.2 Å². The van der Waals surface area contributed by atoms with Crippen LogP contribution in [0.25, 0.3) is 0 Å². The van der Waals surface area contributed by atoms with Gasteiger partial charge in [0.15, 0.2) is 0 Å². The maximum absolute atomic E-state index is 13.1. The van der Waals surface area contributed by atoms with E-state index in [2.05, 4.69) is 26.6 Å². The smallest absolute Gasteiger partial charge is 0.338 e. The van der Waals surface area contributed by atoms with Crippen LogP contribution in [-0.2, 0) is 9.53 Å². The molecule has 2 amide bonds. The van der Waals surface area contributed by atoms with E-state index < -0.39 is 23.9 Å². The maximum Gasteiger partial charge on any atom is 0.338 e. The van der Waals surface area contributed by atoms with Gasteiger partial charge in [-0.05, 0) is 47.5 Å². The van der Waals surface area contributed by atoms with E-state index in [1.165, 1.54) is 18.2 Å². The Hall–Kier alpha value is -2.09. The zero-order valence-electron chi connectivity index (χ0n) is 13.3. The summed E-state index contributed by atoms with van der Waals surface area (Å²) in [6.45, 7) is 3.73. The molecule has 1 aliphatic heterocycles. The fourth-order valence-electron chi connectivity index (χ4n) is 2.32. The number of urea groups is 1. The van der Waals surface area contributed by atoms with Crippen LogP contribution in [0.3, 0.4) is 0 Å². The van der Waals surface area contributed by atoms with Crippen LogP contribution in [0.2, 0.25) is 0 Å². The molecule has 130 valence electrons. The lowest BCUT2D eigenvalue weighted by molar-refractivity contribution is -0.139. The lowest BCUT2D eigenvalue weighted by atomic mass is 10.0. The third kappa shape index (κ3) is 4.25. The van der Waals surface area contributed by atoms with Gasteiger partial charge in [-0.15, -0.1) is 0 Å². The highest BCUT2D eigenvalue weighted by atomic mass is 79.9. The van der Waals surface area contributed by atoms with Crippen LogP contribution in [0.5, 0.6) is 5.75 Å². The van der Waals surface area contributed by atoms with Crippen molar-refractivity contribution in [1.82, 2.24) is 10.6 Å². The van der Waals surface area contributed by atoms with Crippen LogP contribution in [-0.4, -0.2) is 31.3 Å². The topological polar surface area (TPSA) is 76.7 Å². The van der Waals surface area contributed by atoms with Crippen LogP contribution < -0.4 is 15.4 Å². The van der Waals surface area contributed by atoms with Crippen molar-refractivity contribution in [3.05, 3.63) is 39.8 Å². The second-order valence-corrected chi connectivity index (χ2v) is 5.89. The van der Waals surface area contributed by atoms with Gasteiger partial charge in [0.05, 0.1) is 28.4 Å². The molecule has 0 bridgehead atoms. The molecule has 1 atom stereocenters. The summed E-state index contributed by atoms with van der Waals surface area (Å²) >= 11 is 3.21. The molecular formula is C16H18BrFN2O4. The average Bonchev–Trinajstić information content (AvgIpc) is 2.53. The SMILES string of the molecule is CCOC(=O)C1=C(COc2ccc(F)cc2Br)NC(=O)N[C@H]1CC. The summed E-state index contributed by atoms with van der Waals surface area (Å²) in [7, 11) is 0. The lowest BCUT2D eigenvalue weighted by Gasteiger charge is -2.28. The Bertz CT molecular complexity index is 678. The number of nitrogens with one attached hydrogen (secondary N) is 2. The molecule has 0 saturated carbocycles. The molecule has 2 N–H and O–H groups in total. The fraction of sp³-hybridized carbons (Fsp3) is 0.375. The van der Waals surface area contributed by atoms with Crippen LogP contribution in [0.4, 0.5) is 9.18 Å². The first kappa shape index (κ1) is 18.3. The molecule has 8 heteroatoms. The Morgan fingerprint density at radius 2 is 2.12 bits per heavy atom. The van der Waals surface area contributed by atoms with Crippen molar-refractivity contribution in [3.63, 3.8) is 0 Å². The van der Waals surface area contributed by atoms with Crippen LogP contribution in [0.1, 0.15) is 20.3 Å². The number of ether oxygens (including phenoxy) is 2. The minimum Gasteiger partial charge on any atom is -0.486 e. The van der Waals surface area contributed by atoms with Crippen molar-refractivity contribution in [2.24, 2.45) is 0 Å². The third-order valence-corrected chi connectivity index (χ3v) is 4.03. The summed E-state index contributed by atoms with van der Waals surface area (Å²) in [5, 5.41) is 5.26. The molecule has 6 nitrogen and oxygen atoms in total. The third-order valence-electron chi connectivity index (χ3n) is 3.41. The predicted molar refractivity (Wildman–Crippen MR) is 89.0 cm³/mol. The van der Waals surface area contributed by atoms with Crippen LogP contribution in [0.15, 0.2) is 33.9 Å². The van der Waals surface area contributed by atoms with Gasteiger partial charge in [0, 0.05) is 0 Å². The monoisotopic (exact) mass is 400 g/mol. The van der Waals surface area contributed by atoms with Gasteiger partial charge < -0.3 is 20.1 Å². The molecule has 0 aromatic heterocycles. The minimum atomic E-state index is -0.506. The number of carbonyl (C=O) groups excluding carboxylic acids is 2. The number of benzene rings is 1. The van der Waals surface area contributed by atoms with E-state index in [1.54, 1.807) is 6.92 Å². The Morgan fingerprint density at radius 1 is 1.38 bits per heavy atom. The summed E-state index contributed by atoms with van der Waals surface area (Å²) in [6.07, 6.45) is 0.533. The zero-order chi connectivity index (χ0) is 17.7. The molecule has 0 unspecified atom stereocenters. The number of rotatable bonds is 6. The van der Waals surface area contributed by atoms with Crippen molar-refractivity contribution in [3.8, 4) is 5.75 Å². The van der Waals surface area contributed by atoms with E-state index in [4.69, 9.17) is 9.47 Å². The fourth-order valence-corrected chi connectivity index (χ4v) is 2.78. The molecule has 24 heavy (non-hydrogen) atoms. The van der Waals surface area contributed by atoms with E-state index in [0.29, 0.717) is 27.9 Å². The number of halogens is 2. The van der Waals surface area contributed by atoms with E-state index in [0.717, 1.165) is 0 Å². The second-order valence-electron chi connectivity index (χ2n) is 5.04. The predicted octanol–water partition coefficient (Wildman–Crippen LogP) is 2.88. The molecule has 1 aliphatic rings. The number of esters is 1. The molecular weight excluding hydrogens is 383 g/mol. The Balaban J connectivity index is 2.26. The molecule has 0 spiro atoms. The van der Waals surface area contributed by atoms with Gasteiger partial charge in [0.25, 0.3) is 0 Å². The number of carbonyl (C=O) groups is 2. The molecule has 1 aromatic rings. The quantitative estimate of drug-likeness (QED) is 0.719. The zero-order valence-corrected chi connectivity index (χ0v) is 14.9. The van der Waals surface area contributed by atoms with Gasteiger partial charge in [-0.1, -0.05) is 6.92 Å². The van der Waals surface area contributed by atoms with Crippen molar-refractivity contribution >= 4 is 27.9 Å². The normalized spacial score (nSPS) is 17.2. The Labute approximate surface area is 147 Å². The number of hydrogen-bond donors (Lipinski definition) is 2. The summed E-state index contributed by atoms with van der Waals surface area (Å²) in [4.78, 5) is 24.0. The molecule has 1 aromatic carbocycles. The first-order valence-electron chi connectivity index (χ1n) is 7.51. The van der Waals surface area contributed by atoms with Crippen molar-refractivity contribution in [2.45, 2.75) is 26.3 Å². The maximum atomic E-state index is 13.1. The average molecular weight is 401 g/mol. The summed E-state index contributed by atoms with van der Waals surface area (Å²) < 4.78 is 24.2. The number of hydrogen-bond acceptors (Lipinski definition) is 4. The van der Waals surface area contributed by atoms with E-state index in [1.807, 2.05) is 6.92 Å². The van der Waals surface area contributed by atoms with E-state index >= 15 is 0 Å². The standard InChI is InChI=1S/C16H18BrFN2O4/c1-3-11-14(15(21)23-4-2)12(20-16(22)19-11)8-24-13-6-5-9(18)7-10(13)17/h5-7,11H,3-4,8H2,1-2H3,(H2,19,20,22)/t11-/m0/s1. The van der Waals surface area contributed by atoms with Gasteiger partial charge in [-0.2, -0.15) is 0 Å². The van der Waals surface area contributed by atoms with E-state index in [9.17, 15) is 14.0 Å². The highest BCUT2D eigenvalue weighted by molar-refractivity contribution is 9.10. The van der Waals surface area contributed by atoms with Gasteiger partial charge in [0.1, 0.15) is 18.2 Å². The lowest BCUT2D eigenvalue weighted by Crippen LogP contribution is -2.51. The van der Waals surface area contributed by atoms with Crippen LogP contribution >= 0.6 is 15.9 Å². The summed E-state index contributed by atoms with van der Waals surface area (Å²) in [5.41, 5.74) is 0.664. The van der Waals surface area contributed by atoms with Gasteiger partial charge in [-0.3, -0.25) is 0 Å². The van der Waals surface area contributed by atoms with Gasteiger partial charge >= 0.3 is 12.0 Å².